The highest BCUT2D eigenvalue weighted by Gasteiger charge is 2.21. The fourth-order valence-corrected chi connectivity index (χ4v) is 3.21. The minimum Gasteiger partial charge on any atom is -0.477 e. The summed E-state index contributed by atoms with van der Waals surface area (Å²) in [6, 6.07) is 13.8. The number of Topliss-reactive ketones (excluding diaryl/α,β-unsaturated/α-hetero) is 1. The predicted molar refractivity (Wildman–Crippen MR) is 99.2 cm³/mol. The first-order chi connectivity index (χ1) is 12.8. The van der Waals surface area contributed by atoms with E-state index in [2.05, 4.69) is 39.3 Å². The number of likely N-dealkylation sites (tertiary alicyclic amines) is 1. The summed E-state index contributed by atoms with van der Waals surface area (Å²) in [6.45, 7) is 3.19. The van der Waals surface area contributed by atoms with E-state index in [-0.39, 0.29) is 12.3 Å². The number of aromatic nitrogens is 1. The van der Waals surface area contributed by atoms with E-state index in [0.29, 0.717) is 24.0 Å². The monoisotopic (exact) mass is 353 g/mol. The van der Waals surface area contributed by atoms with Gasteiger partial charge in [-0.1, -0.05) is 35.5 Å². The van der Waals surface area contributed by atoms with Gasteiger partial charge in [0.1, 0.15) is 6.54 Å². The normalized spacial score (nSPS) is 15.5. The third-order valence-corrected chi connectivity index (χ3v) is 4.69. The van der Waals surface area contributed by atoms with Gasteiger partial charge in [0.15, 0.2) is 5.78 Å². The molecule has 1 aliphatic heterocycles. The van der Waals surface area contributed by atoms with Crippen LogP contribution in [-0.4, -0.2) is 41.9 Å². The summed E-state index contributed by atoms with van der Waals surface area (Å²) in [7, 11) is 0. The van der Waals surface area contributed by atoms with E-state index in [1.807, 2.05) is 6.07 Å². The van der Waals surface area contributed by atoms with E-state index in [9.17, 15) is 9.70 Å². The Kier molecular flexibility index (Phi) is 6.44. The Morgan fingerprint density at radius 2 is 1.92 bits per heavy atom. The summed E-state index contributed by atoms with van der Waals surface area (Å²) in [4.78, 5) is 28.8. The lowest BCUT2D eigenvalue weighted by Gasteiger charge is -2.31. The second-order valence-electron chi connectivity index (χ2n) is 6.58. The van der Waals surface area contributed by atoms with Crippen molar-refractivity contribution in [3.8, 4) is 5.88 Å². The van der Waals surface area contributed by atoms with Crippen molar-refractivity contribution in [2.75, 3.05) is 26.2 Å². The quantitative estimate of drug-likeness (QED) is 0.538. The molecule has 1 aromatic carbocycles. The molecule has 0 unspecified atom stereocenters. The molecule has 0 radical (unpaired) electrons. The zero-order valence-electron chi connectivity index (χ0n) is 14.7. The van der Waals surface area contributed by atoms with Gasteiger partial charge in [-0.15, -0.1) is 0 Å². The maximum absolute atomic E-state index is 11.9. The van der Waals surface area contributed by atoms with Crippen LogP contribution in [-0.2, 0) is 6.54 Å². The SMILES string of the molecule is O=NCC(=O)c1cccnc1OCC1CCN(Cc2ccccc2)CC1. The van der Waals surface area contributed by atoms with Crippen LogP contribution in [0.25, 0.3) is 0 Å². The number of ketones is 1. The zero-order valence-corrected chi connectivity index (χ0v) is 14.7. The number of carbonyl (C=O) groups is 1. The van der Waals surface area contributed by atoms with Gasteiger partial charge in [-0.2, -0.15) is 4.91 Å². The molecule has 6 heteroatoms. The molecule has 1 fully saturated rings. The molecule has 0 atom stereocenters. The number of carbonyl (C=O) groups excluding carboxylic acids is 1. The van der Waals surface area contributed by atoms with Crippen LogP contribution in [0.4, 0.5) is 0 Å². The number of nitrogens with zero attached hydrogens (tertiary/aromatic N) is 3. The van der Waals surface area contributed by atoms with Crippen LogP contribution < -0.4 is 4.74 Å². The van der Waals surface area contributed by atoms with Crippen LogP contribution in [0.3, 0.4) is 0 Å². The van der Waals surface area contributed by atoms with Crippen molar-refractivity contribution in [3.05, 3.63) is 64.7 Å². The lowest BCUT2D eigenvalue weighted by Crippen LogP contribution is -2.35. The first-order valence-electron chi connectivity index (χ1n) is 8.92. The Labute approximate surface area is 153 Å². The number of pyridine rings is 1. The maximum Gasteiger partial charge on any atom is 0.224 e. The summed E-state index contributed by atoms with van der Waals surface area (Å²) < 4.78 is 5.80. The summed E-state index contributed by atoms with van der Waals surface area (Å²) in [5.74, 6) is 0.379. The molecule has 0 amide bonds. The molecule has 0 N–H and O–H groups in total. The number of ether oxygens (including phenoxy) is 1. The number of nitroso groups, excluding NO2 is 1. The summed E-state index contributed by atoms with van der Waals surface area (Å²) in [5, 5.41) is 2.66. The molecule has 6 nitrogen and oxygen atoms in total. The molecule has 1 aromatic heterocycles. The molecule has 1 aliphatic rings. The Hall–Kier alpha value is -2.60. The van der Waals surface area contributed by atoms with Gasteiger partial charge in [0.2, 0.25) is 5.88 Å². The lowest BCUT2D eigenvalue weighted by atomic mass is 9.97. The Morgan fingerprint density at radius 3 is 2.65 bits per heavy atom. The van der Waals surface area contributed by atoms with E-state index in [1.165, 1.54) is 5.56 Å². The van der Waals surface area contributed by atoms with E-state index in [0.717, 1.165) is 32.5 Å². The fraction of sp³-hybridized carbons (Fsp3) is 0.400. The van der Waals surface area contributed by atoms with Crippen LogP contribution in [0, 0.1) is 10.8 Å². The van der Waals surface area contributed by atoms with E-state index >= 15 is 0 Å². The Balaban J connectivity index is 1.48. The minimum absolute atomic E-state index is 0.299. The number of rotatable bonds is 8. The van der Waals surface area contributed by atoms with E-state index < -0.39 is 0 Å². The van der Waals surface area contributed by atoms with Gasteiger partial charge in [0, 0.05) is 12.7 Å². The van der Waals surface area contributed by atoms with Gasteiger partial charge in [-0.3, -0.25) is 9.69 Å². The highest BCUT2D eigenvalue weighted by atomic mass is 16.5. The molecule has 2 heterocycles. The molecule has 1 saturated heterocycles. The topological polar surface area (TPSA) is 71.9 Å². The van der Waals surface area contributed by atoms with Crippen LogP contribution in [0.5, 0.6) is 5.88 Å². The van der Waals surface area contributed by atoms with Gasteiger partial charge in [0.25, 0.3) is 0 Å². The van der Waals surface area contributed by atoms with Crippen molar-refractivity contribution in [3.63, 3.8) is 0 Å². The molecule has 3 rings (SSSR count). The van der Waals surface area contributed by atoms with E-state index in [4.69, 9.17) is 4.74 Å². The fourth-order valence-electron chi connectivity index (χ4n) is 3.21. The first-order valence-corrected chi connectivity index (χ1v) is 8.92. The average Bonchev–Trinajstić information content (AvgIpc) is 2.69. The van der Waals surface area contributed by atoms with Crippen molar-refractivity contribution in [2.45, 2.75) is 19.4 Å². The molecule has 2 aromatic rings. The van der Waals surface area contributed by atoms with Crippen molar-refractivity contribution in [2.24, 2.45) is 11.1 Å². The molecular weight excluding hydrogens is 330 g/mol. The minimum atomic E-state index is -0.389. The third-order valence-electron chi connectivity index (χ3n) is 4.69. The molecule has 136 valence electrons. The third kappa shape index (κ3) is 4.95. The van der Waals surface area contributed by atoms with Crippen molar-refractivity contribution < 1.29 is 9.53 Å². The number of hydrogen-bond acceptors (Lipinski definition) is 6. The van der Waals surface area contributed by atoms with Crippen LogP contribution in [0.15, 0.2) is 53.8 Å². The van der Waals surface area contributed by atoms with Crippen LogP contribution in [0.2, 0.25) is 0 Å². The highest BCUT2D eigenvalue weighted by molar-refractivity contribution is 5.99. The smallest absolute Gasteiger partial charge is 0.224 e. The molecular formula is C20H23N3O3. The number of hydrogen-bond donors (Lipinski definition) is 0. The van der Waals surface area contributed by atoms with Gasteiger partial charge < -0.3 is 4.74 Å². The van der Waals surface area contributed by atoms with Crippen LogP contribution in [0.1, 0.15) is 28.8 Å². The molecule has 0 saturated carbocycles. The van der Waals surface area contributed by atoms with Crippen LogP contribution >= 0.6 is 0 Å². The largest absolute Gasteiger partial charge is 0.477 e. The van der Waals surface area contributed by atoms with Crippen molar-refractivity contribution in [1.82, 2.24) is 9.88 Å². The molecule has 0 aliphatic carbocycles. The van der Waals surface area contributed by atoms with Gasteiger partial charge in [-0.25, -0.2) is 4.98 Å². The molecule has 0 bridgehead atoms. The standard InChI is InChI=1S/C20H23N3O3/c24-19(13-22-25)18-7-4-10-21-20(18)26-15-17-8-11-23(12-9-17)14-16-5-2-1-3-6-16/h1-7,10,17H,8-9,11-15H2. The maximum atomic E-state index is 11.9. The Morgan fingerprint density at radius 1 is 1.15 bits per heavy atom. The van der Waals surface area contributed by atoms with Crippen molar-refractivity contribution >= 4 is 5.78 Å². The van der Waals surface area contributed by atoms with Gasteiger partial charge in [0.05, 0.1) is 12.2 Å². The van der Waals surface area contributed by atoms with Gasteiger partial charge >= 0.3 is 0 Å². The number of benzene rings is 1. The molecule has 26 heavy (non-hydrogen) atoms. The summed E-state index contributed by atoms with van der Waals surface area (Å²) in [5.41, 5.74) is 1.66. The van der Waals surface area contributed by atoms with Gasteiger partial charge in [-0.05, 0) is 49.5 Å². The second-order valence-corrected chi connectivity index (χ2v) is 6.58. The van der Waals surface area contributed by atoms with Crippen molar-refractivity contribution in [1.29, 1.82) is 0 Å². The van der Waals surface area contributed by atoms with E-state index in [1.54, 1.807) is 18.3 Å². The lowest BCUT2D eigenvalue weighted by molar-refractivity contribution is 0.0991. The predicted octanol–water partition coefficient (Wildman–Crippen LogP) is 3.32. The summed E-state index contributed by atoms with van der Waals surface area (Å²) in [6.07, 6.45) is 3.70. The Bertz CT molecular complexity index is 728. The second kappa shape index (κ2) is 9.20. The number of piperidine rings is 1. The first kappa shape index (κ1) is 18.2. The zero-order chi connectivity index (χ0) is 18.2. The molecule has 0 spiro atoms. The summed E-state index contributed by atoms with van der Waals surface area (Å²) >= 11 is 0. The average molecular weight is 353 g/mol. The highest BCUT2D eigenvalue weighted by Crippen LogP contribution is 2.22.